The molecule has 4 N–H and O–H groups in total. The highest BCUT2D eigenvalue weighted by Gasteiger charge is 2.77. The van der Waals surface area contributed by atoms with Crippen LogP contribution in [0, 0.1) is 17.6 Å². The summed E-state index contributed by atoms with van der Waals surface area (Å²) in [4.78, 5) is 3.96. The largest absolute Gasteiger partial charge is 0.399 e. The van der Waals surface area contributed by atoms with E-state index >= 15 is 0 Å². The van der Waals surface area contributed by atoms with Crippen LogP contribution in [0.2, 0.25) is 0 Å². The van der Waals surface area contributed by atoms with E-state index in [1.165, 1.54) is 6.92 Å². The third kappa shape index (κ3) is 1.63. The van der Waals surface area contributed by atoms with Gasteiger partial charge in [0.1, 0.15) is 0 Å². The van der Waals surface area contributed by atoms with E-state index in [-0.39, 0.29) is 16.4 Å². The van der Waals surface area contributed by atoms with Crippen molar-refractivity contribution >= 4 is 22.6 Å². The van der Waals surface area contributed by atoms with E-state index in [9.17, 15) is 17.6 Å². The van der Waals surface area contributed by atoms with E-state index in [1.54, 1.807) is 0 Å². The summed E-state index contributed by atoms with van der Waals surface area (Å²) < 4.78 is 55.0. The third-order valence-corrected chi connectivity index (χ3v) is 4.95. The Bertz CT molecular complexity index is 633. The van der Waals surface area contributed by atoms with Crippen molar-refractivity contribution in [3.63, 3.8) is 0 Å². The lowest BCUT2D eigenvalue weighted by atomic mass is 9.86. The van der Waals surface area contributed by atoms with Crippen LogP contribution in [0.25, 0.3) is 0 Å². The van der Waals surface area contributed by atoms with Crippen molar-refractivity contribution in [1.29, 1.82) is 0 Å². The molecule has 3 nitrogen and oxygen atoms in total. The number of anilines is 1. The van der Waals surface area contributed by atoms with Crippen LogP contribution in [-0.4, -0.2) is 16.3 Å². The number of nitrogens with zero attached hydrogens (tertiary/aromatic N) is 1. The SMILES string of the molecule is C[C@]1(c2cc(N)cc(F)c2F)N=C(N)SC2[C@H]1C2(F)F. The van der Waals surface area contributed by atoms with E-state index in [1.807, 2.05) is 0 Å². The zero-order valence-corrected chi connectivity index (χ0v) is 11.1. The predicted molar refractivity (Wildman–Crippen MR) is 69.6 cm³/mol. The van der Waals surface area contributed by atoms with Crippen LogP contribution in [0.4, 0.5) is 23.2 Å². The molecule has 3 rings (SSSR count). The van der Waals surface area contributed by atoms with E-state index < -0.39 is 34.3 Å². The average Bonchev–Trinajstić information content (AvgIpc) is 2.86. The quantitative estimate of drug-likeness (QED) is 0.619. The van der Waals surface area contributed by atoms with Crippen LogP contribution >= 0.6 is 11.8 Å². The predicted octanol–water partition coefficient (Wildman–Crippen LogP) is 2.46. The van der Waals surface area contributed by atoms with Gasteiger partial charge < -0.3 is 11.5 Å². The Morgan fingerprint density at radius 2 is 1.90 bits per heavy atom. The second kappa shape index (κ2) is 3.81. The molecule has 0 bridgehead atoms. The molecule has 8 heteroatoms. The number of alkyl halides is 2. The number of benzene rings is 1. The molecule has 0 spiro atoms. The second-order valence-corrected chi connectivity index (χ2v) is 6.31. The number of nitrogen functional groups attached to an aromatic ring is 1. The number of rotatable bonds is 1. The van der Waals surface area contributed by atoms with Gasteiger partial charge in [-0.3, -0.25) is 4.99 Å². The van der Waals surface area contributed by atoms with Crippen molar-refractivity contribution in [2.75, 3.05) is 5.73 Å². The summed E-state index contributed by atoms with van der Waals surface area (Å²) in [5.74, 6) is -6.64. The molecule has 1 saturated carbocycles. The molecule has 0 saturated heterocycles. The second-order valence-electron chi connectivity index (χ2n) is 5.15. The van der Waals surface area contributed by atoms with E-state index in [0.29, 0.717) is 0 Å². The highest BCUT2D eigenvalue weighted by molar-refractivity contribution is 8.14. The fourth-order valence-electron chi connectivity index (χ4n) is 2.78. The summed E-state index contributed by atoms with van der Waals surface area (Å²) in [5.41, 5.74) is 9.06. The van der Waals surface area contributed by atoms with Crippen LogP contribution in [0.5, 0.6) is 0 Å². The summed E-state index contributed by atoms with van der Waals surface area (Å²) in [7, 11) is 0. The molecule has 0 amide bonds. The van der Waals surface area contributed by atoms with Gasteiger partial charge in [0.2, 0.25) is 0 Å². The highest BCUT2D eigenvalue weighted by Crippen LogP contribution is 2.66. The van der Waals surface area contributed by atoms with Crippen LogP contribution < -0.4 is 11.5 Å². The number of hydrogen-bond donors (Lipinski definition) is 2. The number of hydrogen-bond acceptors (Lipinski definition) is 4. The molecule has 1 unspecified atom stereocenters. The van der Waals surface area contributed by atoms with Gasteiger partial charge in [0.05, 0.1) is 16.7 Å². The van der Waals surface area contributed by atoms with Gasteiger partial charge in [-0.2, -0.15) is 0 Å². The number of nitrogens with two attached hydrogens (primary N) is 2. The van der Waals surface area contributed by atoms with Gasteiger partial charge in [0, 0.05) is 11.3 Å². The molecule has 1 aliphatic carbocycles. The molecule has 2 aliphatic rings. The molecule has 1 heterocycles. The Morgan fingerprint density at radius 1 is 1.25 bits per heavy atom. The molecular formula is C12H11F4N3S. The van der Waals surface area contributed by atoms with Crippen LogP contribution in [0.3, 0.4) is 0 Å². The van der Waals surface area contributed by atoms with Crippen molar-refractivity contribution in [3.8, 4) is 0 Å². The van der Waals surface area contributed by atoms with Gasteiger partial charge in [-0.25, -0.2) is 17.6 Å². The minimum absolute atomic E-state index is 0.0485. The molecular weight excluding hydrogens is 294 g/mol. The summed E-state index contributed by atoms with van der Waals surface area (Å²) in [6, 6.07) is 1.94. The van der Waals surface area contributed by atoms with Gasteiger partial charge >= 0.3 is 0 Å². The van der Waals surface area contributed by atoms with Crippen molar-refractivity contribution in [2.24, 2.45) is 16.6 Å². The smallest absolute Gasteiger partial charge is 0.267 e. The molecule has 1 fully saturated rings. The number of aliphatic imine (C=N–C) groups is 1. The third-order valence-electron chi connectivity index (χ3n) is 3.78. The summed E-state index contributed by atoms with van der Waals surface area (Å²) in [6.45, 7) is 1.33. The number of fused-ring (bicyclic) bond motifs is 1. The minimum atomic E-state index is -3.02. The minimum Gasteiger partial charge on any atom is -0.399 e. The van der Waals surface area contributed by atoms with Crippen LogP contribution in [-0.2, 0) is 5.54 Å². The number of amidine groups is 1. The molecule has 0 radical (unpaired) electrons. The maximum Gasteiger partial charge on any atom is 0.267 e. The fraction of sp³-hybridized carbons (Fsp3) is 0.417. The van der Waals surface area contributed by atoms with Gasteiger partial charge in [0.15, 0.2) is 16.8 Å². The first-order valence-electron chi connectivity index (χ1n) is 5.82. The Hall–Kier alpha value is -1.44. The standard InChI is InChI=1S/C12H11F4N3S/c1-11(5-2-4(17)3-6(13)7(5)14)8-9(12(8,15)16)20-10(18)19-11/h2-3,8-9H,17H2,1H3,(H2,18,19)/t8-,9?,11-/m1/s1. The molecule has 1 aromatic carbocycles. The van der Waals surface area contributed by atoms with Crippen molar-refractivity contribution in [2.45, 2.75) is 23.6 Å². The zero-order valence-electron chi connectivity index (χ0n) is 10.3. The van der Waals surface area contributed by atoms with Crippen molar-refractivity contribution < 1.29 is 17.6 Å². The number of halogens is 4. The fourth-order valence-corrected chi connectivity index (χ4v) is 4.09. The first kappa shape index (κ1) is 13.5. The summed E-state index contributed by atoms with van der Waals surface area (Å²) >= 11 is 0.764. The van der Waals surface area contributed by atoms with E-state index in [4.69, 9.17) is 11.5 Å². The summed E-state index contributed by atoms with van der Waals surface area (Å²) in [6.07, 6.45) is 0. The Morgan fingerprint density at radius 3 is 2.55 bits per heavy atom. The first-order valence-corrected chi connectivity index (χ1v) is 6.70. The maximum absolute atomic E-state index is 14.0. The Balaban J connectivity index is 2.19. The Labute approximate surface area is 116 Å². The van der Waals surface area contributed by atoms with Gasteiger partial charge in [-0.05, 0) is 19.1 Å². The van der Waals surface area contributed by atoms with Gasteiger partial charge in [-0.15, -0.1) is 0 Å². The monoisotopic (exact) mass is 305 g/mol. The molecule has 1 aromatic rings. The van der Waals surface area contributed by atoms with Crippen LogP contribution in [0.1, 0.15) is 12.5 Å². The normalized spacial score (nSPS) is 34.4. The lowest BCUT2D eigenvalue weighted by Gasteiger charge is -2.29. The molecule has 108 valence electrons. The lowest BCUT2D eigenvalue weighted by molar-refractivity contribution is 0.0818. The summed E-state index contributed by atoms with van der Waals surface area (Å²) in [5, 5.41) is -1.12. The first-order chi connectivity index (χ1) is 9.18. The van der Waals surface area contributed by atoms with Gasteiger partial charge in [0.25, 0.3) is 5.92 Å². The van der Waals surface area contributed by atoms with E-state index in [2.05, 4.69) is 4.99 Å². The molecule has 0 aromatic heterocycles. The lowest BCUT2D eigenvalue weighted by Crippen LogP contribution is -2.32. The molecule has 1 aliphatic heterocycles. The maximum atomic E-state index is 14.0. The van der Waals surface area contributed by atoms with Crippen molar-refractivity contribution in [1.82, 2.24) is 0 Å². The van der Waals surface area contributed by atoms with Crippen LogP contribution in [0.15, 0.2) is 17.1 Å². The zero-order chi connectivity index (χ0) is 14.9. The van der Waals surface area contributed by atoms with Gasteiger partial charge in [-0.1, -0.05) is 11.8 Å². The van der Waals surface area contributed by atoms with Crippen molar-refractivity contribution in [3.05, 3.63) is 29.3 Å². The average molecular weight is 305 g/mol. The van der Waals surface area contributed by atoms with E-state index in [0.717, 1.165) is 23.9 Å². The highest BCUT2D eigenvalue weighted by atomic mass is 32.2. The molecule has 3 atom stereocenters. The molecule has 20 heavy (non-hydrogen) atoms. The Kier molecular flexibility index (Phi) is 2.58. The number of thioether (sulfide) groups is 1. The topological polar surface area (TPSA) is 64.4 Å².